The predicted octanol–water partition coefficient (Wildman–Crippen LogP) is 1.78. The Morgan fingerprint density at radius 1 is 1.00 bits per heavy atom. The summed E-state index contributed by atoms with van der Waals surface area (Å²) in [5.74, 6) is 2.98. The highest BCUT2D eigenvalue weighted by Crippen LogP contribution is 2.30. The van der Waals surface area contributed by atoms with Gasteiger partial charge in [0.05, 0.1) is 27.3 Å². The van der Waals surface area contributed by atoms with Gasteiger partial charge in [0.15, 0.2) is 23.0 Å². The van der Waals surface area contributed by atoms with E-state index in [0.29, 0.717) is 19.7 Å². The van der Waals surface area contributed by atoms with Crippen LogP contribution in [-0.4, -0.2) is 81.9 Å². The summed E-state index contributed by atoms with van der Waals surface area (Å²) in [7, 11) is 3.29. The highest BCUT2D eigenvalue weighted by molar-refractivity contribution is 5.78. The first-order valence-corrected chi connectivity index (χ1v) is 11.0. The van der Waals surface area contributed by atoms with E-state index in [1.54, 1.807) is 14.2 Å². The van der Waals surface area contributed by atoms with Gasteiger partial charge in [-0.05, 0) is 29.8 Å². The zero-order valence-electron chi connectivity index (χ0n) is 18.7. The van der Waals surface area contributed by atoms with Gasteiger partial charge in [0.25, 0.3) is 0 Å². The Kier molecular flexibility index (Phi) is 7.34. The highest BCUT2D eigenvalue weighted by Gasteiger charge is 2.23. The van der Waals surface area contributed by atoms with E-state index in [4.69, 9.17) is 18.9 Å². The van der Waals surface area contributed by atoms with Crippen LogP contribution >= 0.6 is 0 Å². The monoisotopic (exact) mass is 441 g/mol. The molecule has 0 aromatic heterocycles. The molecule has 1 unspecified atom stereocenters. The number of nitrogens with one attached hydrogen (secondary N) is 1. The molecule has 2 aromatic rings. The molecule has 0 aliphatic carbocycles. The summed E-state index contributed by atoms with van der Waals surface area (Å²) in [4.78, 5) is 17.0. The number of amides is 1. The summed E-state index contributed by atoms with van der Waals surface area (Å²) in [6.45, 7) is 5.66. The van der Waals surface area contributed by atoms with E-state index in [1.807, 2.05) is 36.4 Å². The third kappa shape index (κ3) is 5.63. The zero-order chi connectivity index (χ0) is 22.3. The summed E-state index contributed by atoms with van der Waals surface area (Å²) < 4.78 is 22.3. The van der Waals surface area contributed by atoms with Crippen molar-refractivity contribution in [2.24, 2.45) is 0 Å². The topological polar surface area (TPSA) is 72.5 Å². The summed E-state index contributed by atoms with van der Waals surface area (Å²) in [6.07, 6.45) is -0.174. The lowest BCUT2D eigenvalue weighted by molar-refractivity contribution is -0.123. The Morgan fingerprint density at radius 3 is 2.47 bits per heavy atom. The van der Waals surface area contributed by atoms with Gasteiger partial charge in [-0.15, -0.1) is 0 Å². The quantitative estimate of drug-likeness (QED) is 0.670. The first-order valence-electron chi connectivity index (χ1n) is 11.0. The van der Waals surface area contributed by atoms with Crippen molar-refractivity contribution in [3.05, 3.63) is 48.0 Å². The average Bonchev–Trinajstić information content (AvgIpc) is 2.83. The molecule has 2 aliphatic rings. The van der Waals surface area contributed by atoms with Gasteiger partial charge in [-0.25, -0.2) is 0 Å². The lowest BCUT2D eigenvalue weighted by Gasteiger charge is -2.34. The van der Waals surface area contributed by atoms with Gasteiger partial charge in [-0.2, -0.15) is 0 Å². The lowest BCUT2D eigenvalue weighted by Crippen LogP contribution is -2.50. The number of rotatable bonds is 8. The molecule has 1 atom stereocenters. The van der Waals surface area contributed by atoms with Crippen molar-refractivity contribution in [2.45, 2.75) is 12.6 Å². The van der Waals surface area contributed by atoms with E-state index >= 15 is 0 Å². The van der Waals surface area contributed by atoms with E-state index in [2.05, 4.69) is 21.2 Å². The van der Waals surface area contributed by atoms with Crippen molar-refractivity contribution in [3.63, 3.8) is 0 Å². The number of carbonyl (C=O) groups is 1. The highest BCUT2D eigenvalue weighted by atomic mass is 16.6. The number of carbonyl (C=O) groups excluding carboxylic acids is 1. The van der Waals surface area contributed by atoms with Crippen molar-refractivity contribution in [2.75, 3.05) is 60.1 Å². The van der Waals surface area contributed by atoms with Crippen LogP contribution in [0, 0.1) is 0 Å². The maximum absolute atomic E-state index is 12.4. The minimum atomic E-state index is -0.174. The molecule has 8 nitrogen and oxygen atoms in total. The number of nitrogens with zero attached hydrogens (tertiary/aromatic N) is 2. The SMILES string of the molecule is COc1ccc(CN2CCN(CC(=O)NCC3COc4ccccc4O3)CC2)cc1OC. The molecular weight excluding hydrogens is 410 g/mol. The maximum atomic E-state index is 12.4. The van der Waals surface area contributed by atoms with E-state index in [-0.39, 0.29) is 12.0 Å². The standard InChI is InChI=1S/C24H31N3O5/c1-29-20-8-7-18(13-23(20)30-2)15-26-9-11-27(12-10-26)16-24(28)25-14-19-17-31-21-5-3-4-6-22(21)32-19/h3-8,13,19H,9-12,14-17H2,1-2H3,(H,25,28). The molecule has 4 rings (SSSR count). The van der Waals surface area contributed by atoms with Gasteiger partial charge >= 0.3 is 0 Å². The predicted molar refractivity (Wildman–Crippen MR) is 121 cm³/mol. The fourth-order valence-corrected chi connectivity index (χ4v) is 3.99. The molecular formula is C24H31N3O5. The molecule has 1 saturated heterocycles. The minimum absolute atomic E-state index is 0.0146. The van der Waals surface area contributed by atoms with Gasteiger partial charge in [0.1, 0.15) is 12.7 Å². The van der Waals surface area contributed by atoms with Crippen LogP contribution in [0.5, 0.6) is 23.0 Å². The molecule has 8 heteroatoms. The molecule has 1 amide bonds. The van der Waals surface area contributed by atoms with Crippen LogP contribution in [0.4, 0.5) is 0 Å². The summed E-state index contributed by atoms with van der Waals surface area (Å²) in [6, 6.07) is 13.6. The molecule has 0 spiro atoms. The number of ether oxygens (including phenoxy) is 4. The first kappa shape index (κ1) is 22.2. The fourth-order valence-electron chi connectivity index (χ4n) is 3.99. The number of hydrogen-bond acceptors (Lipinski definition) is 7. The van der Waals surface area contributed by atoms with E-state index in [0.717, 1.165) is 55.7 Å². The van der Waals surface area contributed by atoms with Gasteiger partial charge in [-0.3, -0.25) is 14.6 Å². The molecule has 32 heavy (non-hydrogen) atoms. The number of piperazine rings is 1. The Labute approximate surface area is 189 Å². The Morgan fingerprint density at radius 2 is 1.72 bits per heavy atom. The van der Waals surface area contributed by atoms with Gasteiger partial charge < -0.3 is 24.3 Å². The van der Waals surface area contributed by atoms with Crippen molar-refractivity contribution in [1.29, 1.82) is 0 Å². The van der Waals surface area contributed by atoms with Gasteiger partial charge in [0.2, 0.25) is 5.91 Å². The second-order valence-corrected chi connectivity index (χ2v) is 8.04. The summed E-state index contributed by atoms with van der Waals surface area (Å²) in [5.41, 5.74) is 1.19. The summed E-state index contributed by atoms with van der Waals surface area (Å²) >= 11 is 0. The second kappa shape index (κ2) is 10.6. The molecule has 1 N–H and O–H groups in total. The fraction of sp³-hybridized carbons (Fsp3) is 0.458. The third-order valence-corrected chi connectivity index (χ3v) is 5.78. The normalized spacial score (nSPS) is 18.8. The van der Waals surface area contributed by atoms with Crippen LogP contribution in [0.15, 0.2) is 42.5 Å². The van der Waals surface area contributed by atoms with Crippen LogP contribution in [0.25, 0.3) is 0 Å². The number of methoxy groups -OCH3 is 2. The van der Waals surface area contributed by atoms with Gasteiger partial charge in [-0.1, -0.05) is 18.2 Å². The largest absolute Gasteiger partial charge is 0.493 e. The van der Waals surface area contributed by atoms with Crippen LogP contribution in [-0.2, 0) is 11.3 Å². The number of fused-ring (bicyclic) bond motifs is 1. The maximum Gasteiger partial charge on any atom is 0.234 e. The van der Waals surface area contributed by atoms with Crippen LogP contribution in [0.1, 0.15) is 5.56 Å². The molecule has 0 bridgehead atoms. The number of benzene rings is 2. The van der Waals surface area contributed by atoms with E-state index in [1.165, 1.54) is 5.56 Å². The second-order valence-electron chi connectivity index (χ2n) is 8.04. The average molecular weight is 442 g/mol. The third-order valence-electron chi connectivity index (χ3n) is 5.78. The number of hydrogen-bond donors (Lipinski definition) is 1. The Bertz CT molecular complexity index is 914. The molecule has 1 fully saturated rings. The minimum Gasteiger partial charge on any atom is -0.493 e. The Balaban J connectivity index is 1.17. The van der Waals surface area contributed by atoms with E-state index < -0.39 is 0 Å². The van der Waals surface area contributed by atoms with Crippen molar-refractivity contribution < 1.29 is 23.7 Å². The van der Waals surface area contributed by atoms with Crippen LogP contribution < -0.4 is 24.3 Å². The molecule has 172 valence electrons. The van der Waals surface area contributed by atoms with Crippen molar-refractivity contribution in [3.8, 4) is 23.0 Å². The molecule has 0 saturated carbocycles. The molecule has 2 heterocycles. The first-order chi connectivity index (χ1) is 15.6. The van der Waals surface area contributed by atoms with E-state index in [9.17, 15) is 4.79 Å². The smallest absolute Gasteiger partial charge is 0.234 e. The zero-order valence-corrected chi connectivity index (χ0v) is 18.7. The van der Waals surface area contributed by atoms with Crippen LogP contribution in [0.2, 0.25) is 0 Å². The van der Waals surface area contributed by atoms with Crippen molar-refractivity contribution >= 4 is 5.91 Å². The van der Waals surface area contributed by atoms with Crippen molar-refractivity contribution in [1.82, 2.24) is 15.1 Å². The molecule has 2 aliphatic heterocycles. The number of para-hydroxylation sites is 2. The lowest BCUT2D eigenvalue weighted by atomic mass is 10.1. The molecule has 2 aromatic carbocycles. The van der Waals surface area contributed by atoms with Gasteiger partial charge in [0, 0.05) is 32.7 Å². The summed E-state index contributed by atoms with van der Waals surface area (Å²) in [5, 5.41) is 2.98. The molecule has 0 radical (unpaired) electrons. The Hall–Kier alpha value is -2.97. The van der Waals surface area contributed by atoms with Crippen LogP contribution in [0.3, 0.4) is 0 Å².